The lowest BCUT2D eigenvalue weighted by Crippen LogP contribution is -2.17. The maximum Gasteiger partial charge on any atom is 0.573 e. The Labute approximate surface area is 170 Å². The number of anilines is 2. The summed E-state index contributed by atoms with van der Waals surface area (Å²) in [5.74, 6) is -2.48. The highest BCUT2D eigenvalue weighted by Gasteiger charge is 2.31. The zero-order chi connectivity index (χ0) is 21.2. The van der Waals surface area contributed by atoms with Crippen molar-refractivity contribution >= 4 is 33.4 Å². The van der Waals surface area contributed by atoms with Crippen LogP contribution in [0.1, 0.15) is 10.4 Å². The van der Waals surface area contributed by atoms with Crippen LogP contribution in [0.25, 0.3) is 11.1 Å². The Hall–Kier alpha value is -3.14. The van der Waals surface area contributed by atoms with Crippen molar-refractivity contribution in [1.29, 1.82) is 0 Å². The minimum absolute atomic E-state index is 0.0474. The molecule has 150 valence electrons. The van der Waals surface area contributed by atoms with Crippen molar-refractivity contribution in [3.8, 4) is 16.9 Å². The van der Waals surface area contributed by atoms with E-state index in [1.54, 1.807) is 0 Å². The zero-order valence-electron chi connectivity index (χ0n) is 14.3. The molecule has 0 saturated carbocycles. The van der Waals surface area contributed by atoms with Crippen LogP contribution < -0.4 is 10.1 Å². The fourth-order valence-corrected chi connectivity index (χ4v) is 2.83. The smallest absolute Gasteiger partial charge is 0.478 e. The van der Waals surface area contributed by atoms with E-state index in [1.807, 2.05) is 0 Å². The Kier molecular flexibility index (Phi) is 5.73. The fraction of sp³-hybridized carbons (Fsp3) is 0.0526. The van der Waals surface area contributed by atoms with Crippen LogP contribution in [0.3, 0.4) is 0 Å². The van der Waals surface area contributed by atoms with Gasteiger partial charge < -0.3 is 15.2 Å². The Morgan fingerprint density at radius 1 is 1.10 bits per heavy atom. The molecular formula is C19H11BrF4N2O3. The number of hydrogen-bond acceptors (Lipinski definition) is 4. The monoisotopic (exact) mass is 470 g/mol. The van der Waals surface area contributed by atoms with Crippen LogP contribution in [0.5, 0.6) is 5.75 Å². The molecule has 5 nitrogen and oxygen atoms in total. The lowest BCUT2D eigenvalue weighted by Gasteiger charge is -2.12. The van der Waals surface area contributed by atoms with Crippen molar-refractivity contribution in [2.75, 3.05) is 5.32 Å². The minimum Gasteiger partial charge on any atom is -0.478 e. The van der Waals surface area contributed by atoms with Crippen molar-refractivity contribution in [2.45, 2.75) is 6.36 Å². The van der Waals surface area contributed by atoms with Gasteiger partial charge in [-0.15, -0.1) is 13.2 Å². The van der Waals surface area contributed by atoms with E-state index in [9.17, 15) is 27.5 Å². The molecular weight excluding hydrogens is 460 g/mol. The molecule has 0 unspecified atom stereocenters. The van der Waals surface area contributed by atoms with Crippen molar-refractivity contribution in [1.82, 2.24) is 4.98 Å². The van der Waals surface area contributed by atoms with E-state index in [2.05, 4.69) is 31.0 Å². The quantitative estimate of drug-likeness (QED) is 0.448. The number of pyridine rings is 1. The summed E-state index contributed by atoms with van der Waals surface area (Å²) < 4.78 is 56.0. The van der Waals surface area contributed by atoms with Crippen LogP contribution in [0.4, 0.5) is 29.1 Å². The van der Waals surface area contributed by atoms with Crippen LogP contribution in [0.15, 0.2) is 59.2 Å². The van der Waals surface area contributed by atoms with Crippen molar-refractivity contribution in [3.05, 3.63) is 70.6 Å². The lowest BCUT2D eigenvalue weighted by atomic mass is 10.0. The molecule has 0 aliphatic rings. The third kappa shape index (κ3) is 5.23. The highest BCUT2D eigenvalue weighted by molar-refractivity contribution is 9.10. The first-order valence-electron chi connectivity index (χ1n) is 7.94. The van der Waals surface area contributed by atoms with Crippen molar-refractivity contribution in [3.63, 3.8) is 0 Å². The molecule has 1 heterocycles. The molecule has 10 heteroatoms. The molecule has 0 atom stereocenters. The first-order chi connectivity index (χ1) is 13.6. The Bertz CT molecular complexity index is 1070. The molecule has 0 radical (unpaired) electrons. The summed E-state index contributed by atoms with van der Waals surface area (Å²) in [6.45, 7) is 0. The molecule has 0 aliphatic heterocycles. The van der Waals surface area contributed by atoms with E-state index in [0.717, 1.165) is 18.2 Å². The summed E-state index contributed by atoms with van der Waals surface area (Å²) in [5.41, 5.74) is 0.404. The summed E-state index contributed by atoms with van der Waals surface area (Å²) in [6, 6.07) is 10.3. The van der Waals surface area contributed by atoms with E-state index in [1.165, 1.54) is 36.5 Å². The lowest BCUT2D eigenvalue weighted by molar-refractivity contribution is -0.274. The minimum atomic E-state index is -4.84. The van der Waals surface area contributed by atoms with Gasteiger partial charge in [-0.1, -0.05) is 18.2 Å². The molecule has 29 heavy (non-hydrogen) atoms. The standard InChI is InChI=1S/C19H11BrF4N2O3/c20-12-8-14(18(27)28)17(25-9-12)26-16-5-4-11(7-15(16)21)10-2-1-3-13(6-10)29-19(22,23)24/h1-9H,(H,25,26)(H,27,28). The predicted molar refractivity (Wildman–Crippen MR) is 101 cm³/mol. The first kappa shape index (κ1) is 20.6. The molecule has 2 N–H and O–H groups in total. The number of halogens is 5. The molecule has 0 fully saturated rings. The SMILES string of the molecule is O=C(O)c1cc(Br)cnc1Nc1ccc(-c2cccc(OC(F)(F)F)c2)cc1F. The largest absolute Gasteiger partial charge is 0.573 e. The molecule has 0 amide bonds. The molecule has 0 bridgehead atoms. The predicted octanol–water partition coefficient (Wildman–Crippen LogP) is 5.99. The maximum atomic E-state index is 14.5. The van der Waals surface area contributed by atoms with Gasteiger partial charge in [0.05, 0.1) is 5.69 Å². The van der Waals surface area contributed by atoms with Gasteiger partial charge in [0, 0.05) is 10.7 Å². The number of nitrogens with zero attached hydrogens (tertiary/aromatic N) is 1. The summed E-state index contributed by atoms with van der Waals surface area (Å²) in [5, 5.41) is 11.9. The first-order valence-corrected chi connectivity index (χ1v) is 8.73. The molecule has 3 aromatic rings. The van der Waals surface area contributed by atoms with Crippen LogP contribution in [-0.2, 0) is 0 Å². The number of nitrogens with one attached hydrogen (secondary N) is 1. The second-order valence-corrected chi connectivity index (χ2v) is 6.67. The molecule has 0 aliphatic carbocycles. The van der Waals surface area contributed by atoms with Crippen LogP contribution in [-0.4, -0.2) is 22.4 Å². The van der Waals surface area contributed by atoms with Crippen molar-refractivity contribution < 1.29 is 32.2 Å². The number of ether oxygens (including phenoxy) is 1. The normalized spacial score (nSPS) is 11.2. The highest BCUT2D eigenvalue weighted by Crippen LogP contribution is 2.31. The number of carbonyl (C=O) groups is 1. The molecule has 2 aromatic carbocycles. The van der Waals surface area contributed by atoms with Gasteiger partial charge in [0.1, 0.15) is 22.9 Å². The fourth-order valence-electron chi connectivity index (χ4n) is 2.50. The van der Waals surface area contributed by atoms with E-state index in [0.29, 0.717) is 15.6 Å². The van der Waals surface area contributed by atoms with E-state index < -0.39 is 23.9 Å². The number of aromatic nitrogens is 1. The van der Waals surface area contributed by atoms with Gasteiger partial charge in [-0.25, -0.2) is 14.2 Å². The van der Waals surface area contributed by atoms with Gasteiger partial charge >= 0.3 is 12.3 Å². The number of hydrogen-bond donors (Lipinski definition) is 2. The summed E-state index contributed by atoms with van der Waals surface area (Å²) in [7, 11) is 0. The van der Waals surface area contributed by atoms with E-state index in [-0.39, 0.29) is 17.1 Å². The Morgan fingerprint density at radius 2 is 1.83 bits per heavy atom. The molecule has 1 aromatic heterocycles. The number of carboxylic acids is 1. The number of aromatic carboxylic acids is 1. The van der Waals surface area contributed by atoms with Crippen LogP contribution >= 0.6 is 15.9 Å². The Balaban J connectivity index is 1.89. The molecule has 0 saturated heterocycles. The average Bonchev–Trinajstić information content (AvgIpc) is 2.63. The number of alkyl halides is 3. The second-order valence-electron chi connectivity index (χ2n) is 5.75. The molecule has 0 spiro atoms. The van der Waals surface area contributed by atoms with Gasteiger partial charge in [-0.2, -0.15) is 0 Å². The van der Waals surface area contributed by atoms with Crippen molar-refractivity contribution in [2.24, 2.45) is 0 Å². The zero-order valence-corrected chi connectivity index (χ0v) is 15.9. The molecule has 3 rings (SSSR count). The van der Waals surface area contributed by atoms with Gasteiger partial charge in [-0.3, -0.25) is 0 Å². The summed E-state index contributed by atoms with van der Waals surface area (Å²) >= 11 is 3.12. The summed E-state index contributed by atoms with van der Waals surface area (Å²) in [4.78, 5) is 15.3. The number of benzene rings is 2. The highest BCUT2D eigenvalue weighted by atomic mass is 79.9. The van der Waals surface area contributed by atoms with E-state index >= 15 is 0 Å². The topological polar surface area (TPSA) is 71.5 Å². The van der Waals surface area contributed by atoms with Gasteiger partial charge in [0.2, 0.25) is 0 Å². The third-order valence-electron chi connectivity index (χ3n) is 3.71. The van der Waals surface area contributed by atoms with Crippen LogP contribution in [0.2, 0.25) is 0 Å². The maximum absolute atomic E-state index is 14.5. The average molecular weight is 471 g/mol. The third-order valence-corrected chi connectivity index (χ3v) is 4.14. The van der Waals surface area contributed by atoms with E-state index in [4.69, 9.17) is 0 Å². The van der Waals surface area contributed by atoms with Gasteiger partial charge in [0.15, 0.2) is 0 Å². The van der Waals surface area contributed by atoms with Crippen LogP contribution in [0, 0.1) is 5.82 Å². The number of rotatable bonds is 5. The second kappa shape index (κ2) is 8.08. The number of carboxylic acid groups (broad SMARTS) is 1. The van der Waals surface area contributed by atoms with Gasteiger partial charge in [0.25, 0.3) is 0 Å². The summed E-state index contributed by atoms with van der Waals surface area (Å²) in [6.07, 6.45) is -3.48. The Morgan fingerprint density at radius 3 is 2.48 bits per heavy atom. The van der Waals surface area contributed by atoms with Gasteiger partial charge in [-0.05, 0) is 57.4 Å².